The van der Waals surface area contributed by atoms with E-state index in [1.807, 2.05) is 12.1 Å². The molecule has 0 saturated carbocycles. The average Bonchev–Trinajstić information content (AvgIpc) is 2.26. The van der Waals surface area contributed by atoms with Crippen molar-refractivity contribution in [1.82, 2.24) is 4.90 Å². The van der Waals surface area contributed by atoms with Crippen molar-refractivity contribution in [3.05, 3.63) is 34.3 Å². The molecule has 92 valence electrons. The van der Waals surface area contributed by atoms with Crippen LogP contribution in [0.4, 0.5) is 0 Å². The van der Waals surface area contributed by atoms with E-state index < -0.39 is 0 Å². The predicted molar refractivity (Wildman–Crippen MR) is 73.1 cm³/mol. The van der Waals surface area contributed by atoms with Gasteiger partial charge in [-0.05, 0) is 48.9 Å². The number of benzene rings is 1. The largest absolute Gasteiger partial charge is 0.470 e. The number of rotatable bonds is 2. The molecular weight excluding hydrogens is 256 g/mol. The van der Waals surface area contributed by atoms with Crippen molar-refractivity contribution in [2.24, 2.45) is 5.73 Å². The first-order chi connectivity index (χ1) is 8.06. The third-order valence-electron chi connectivity index (χ3n) is 3.08. The molecule has 0 aliphatic carbocycles. The summed E-state index contributed by atoms with van der Waals surface area (Å²) in [6.07, 6.45) is 0.912. The van der Waals surface area contributed by atoms with Gasteiger partial charge in [-0.3, -0.25) is 4.90 Å². The van der Waals surface area contributed by atoms with E-state index >= 15 is 0 Å². The van der Waals surface area contributed by atoms with Gasteiger partial charge in [0.1, 0.15) is 6.61 Å². The van der Waals surface area contributed by atoms with Crippen LogP contribution in [0.5, 0.6) is 0 Å². The van der Waals surface area contributed by atoms with E-state index in [1.165, 1.54) is 11.1 Å². The second-order valence-electron chi connectivity index (χ2n) is 4.32. The van der Waals surface area contributed by atoms with Crippen molar-refractivity contribution >= 4 is 29.0 Å². The second kappa shape index (κ2) is 5.21. The maximum absolute atomic E-state index is 6.00. The van der Waals surface area contributed by atoms with Gasteiger partial charge in [0.25, 0.3) is 5.17 Å². The molecule has 0 amide bonds. The lowest BCUT2D eigenvalue weighted by Crippen LogP contribution is -2.41. The van der Waals surface area contributed by atoms with E-state index in [-0.39, 0.29) is 5.17 Å². The quantitative estimate of drug-likeness (QED) is 0.834. The topological polar surface area (TPSA) is 38.5 Å². The maximum Gasteiger partial charge on any atom is 0.254 e. The van der Waals surface area contributed by atoms with Crippen LogP contribution in [0, 0.1) is 0 Å². The van der Waals surface area contributed by atoms with Crippen LogP contribution >= 0.6 is 23.8 Å². The smallest absolute Gasteiger partial charge is 0.254 e. The molecule has 1 aromatic carbocycles. The fraction of sp³-hybridized carbons (Fsp3) is 0.417. The van der Waals surface area contributed by atoms with E-state index in [0.29, 0.717) is 12.6 Å². The zero-order chi connectivity index (χ0) is 12.4. The highest BCUT2D eigenvalue weighted by Gasteiger charge is 2.24. The first-order valence-corrected chi connectivity index (χ1v) is 6.24. The van der Waals surface area contributed by atoms with Crippen molar-refractivity contribution in [2.75, 3.05) is 13.7 Å². The summed E-state index contributed by atoms with van der Waals surface area (Å²) < 4.78 is 5.23. The second-order valence-corrected chi connectivity index (χ2v) is 5.15. The van der Waals surface area contributed by atoms with Gasteiger partial charge in [0.2, 0.25) is 0 Å². The summed E-state index contributed by atoms with van der Waals surface area (Å²) in [4.78, 5) is 2.24. The number of hydrogen-bond donors (Lipinski definition) is 1. The number of fused-ring (bicyclic) bond motifs is 1. The van der Waals surface area contributed by atoms with Crippen LogP contribution in [0.15, 0.2) is 18.2 Å². The molecule has 3 nitrogen and oxygen atoms in total. The van der Waals surface area contributed by atoms with Crippen LogP contribution in [-0.4, -0.2) is 29.8 Å². The molecule has 0 bridgehead atoms. The maximum atomic E-state index is 6.00. The number of likely N-dealkylation sites (N-methyl/N-ethyl adjacent to an activating group) is 1. The van der Waals surface area contributed by atoms with E-state index in [9.17, 15) is 0 Å². The molecule has 0 fully saturated rings. The predicted octanol–water partition coefficient (Wildman–Crippen LogP) is 1.96. The van der Waals surface area contributed by atoms with Crippen molar-refractivity contribution < 1.29 is 4.74 Å². The summed E-state index contributed by atoms with van der Waals surface area (Å²) >= 11 is 10.7. The minimum absolute atomic E-state index is 0.107. The minimum Gasteiger partial charge on any atom is -0.470 e. The molecule has 17 heavy (non-hydrogen) atoms. The average molecular weight is 271 g/mol. The fourth-order valence-corrected chi connectivity index (χ4v) is 2.37. The summed E-state index contributed by atoms with van der Waals surface area (Å²) in [6.45, 7) is 1.43. The minimum atomic E-state index is 0.107. The van der Waals surface area contributed by atoms with Crippen molar-refractivity contribution in [2.45, 2.75) is 19.0 Å². The van der Waals surface area contributed by atoms with Crippen molar-refractivity contribution in [1.29, 1.82) is 0 Å². The molecule has 5 heteroatoms. The molecule has 2 N–H and O–H groups in total. The molecule has 1 aromatic rings. The molecule has 0 unspecified atom stereocenters. The van der Waals surface area contributed by atoms with Gasteiger partial charge in [0, 0.05) is 17.6 Å². The number of hydrogen-bond acceptors (Lipinski definition) is 3. The molecule has 0 aromatic heterocycles. The number of thiocarbonyl (C=S) groups is 1. The van der Waals surface area contributed by atoms with E-state index in [1.54, 1.807) is 0 Å². The van der Waals surface area contributed by atoms with Crippen LogP contribution in [0.1, 0.15) is 11.1 Å². The summed E-state index contributed by atoms with van der Waals surface area (Å²) in [6, 6.07) is 6.33. The number of nitrogens with two attached hydrogens (primary N) is 1. The molecule has 0 spiro atoms. The summed E-state index contributed by atoms with van der Waals surface area (Å²) in [7, 11) is 2.07. The van der Waals surface area contributed by atoms with Crippen molar-refractivity contribution in [3.8, 4) is 0 Å². The van der Waals surface area contributed by atoms with Crippen molar-refractivity contribution in [3.63, 3.8) is 0 Å². The highest BCUT2D eigenvalue weighted by atomic mass is 35.5. The Morgan fingerprint density at radius 2 is 2.35 bits per heavy atom. The van der Waals surface area contributed by atoms with Gasteiger partial charge < -0.3 is 10.5 Å². The lowest BCUT2D eigenvalue weighted by Gasteiger charge is -2.33. The van der Waals surface area contributed by atoms with Crippen LogP contribution < -0.4 is 5.73 Å². The zero-order valence-electron chi connectivity index (χ0n) is 9.65. The Bertz CT molecular complexity index is 439. The Morgan fingerprint density at radius 3 is 3.06 bits per heavy atom. The highest BCUT2D eigenvalue weighted by Crippen LogP contribution is 2.25. The molecule has 1 aliphatic rings. The molecule has 0 saturated heterocycles. The normalized spacial score (nSPS) is 19.8. The number of nitrogens with zero attached hydrogens (tertiary/aromatic N) is 1. The number of ether oxygens (including phenoxy) is 1. The van der Waals surface area contributed by atoms with Gasteiger partial charge in [-0.15, -0.1) is 0 Å². The van der Waals surface area contributed by atoms with Gasteiger partial charge in [-0.25, -0.2) is 0 Å². The molecule has 2 rings (SSSR count). The van der Waals surface area contributed by atoms with Crippen LogP contribution in [-0.2, 0) is 17.7 Å². The van der Waals surface area contributed by atoms with Gasteiger partial charge in [0.05, 0.1) is 0 Å². The van der Waals surface area contributed by atoms with E-state index in [4.69, 9.17) is 34.3 Å². The molecule has 1 aliphatic heterocycles. The first-order valence-electron chi connectivity index (χ1n) is 5.46. The van der Waals surface area contributed by atoms with Gasteiger partial charge in [-0.1, -0.05) is 17.7 Å². The zero-order valence-corrected chi connectivity index (χ0v) is 11.2. The molecule has 1 heterocycles. The van der Waals surface area contributed by atoms with Crippen LogP contribution in [0.3, 0.4) is 0 Å². The molecular formula is C12H15ClN2OS. The van der Waals surface area contributed by atoms with E-state index in [0.717, 1.165) is 18.0 Å². The Kier molecular flexibility index (Phi) is 3.86. The SMILES string of the molecule is CN1Cc2ccc(Cl)cc2C[C@H]1COC(N)=S. The van der Waals surface area contributed by atoms with E-state index in [2.05, 4.69) is 18.0 Å². The lowest BCUT2D eigenvalue weighted by atomic mass is 9.95. The number of halogens is 1. The first kappa shape index (κ1) is 12.6. The monoisotopic (exact) mass is 270 g/mol. The Labute approximate surface area is 111 Å². The molecule has 1 atom stereocenters. The van der Waals surface area contributed by atoms with Gasteiger partial charge in [-0.2, -0.15) is 0 Å². The highest BCUT2D eigenvalue weighted by molar-refractivity contribution is 7.80. The molecule has 0 radical (unpaired) electrons. The standard InChI is InChI=1S/C12H15ClN2OS/c1-15-6-8-2-3-10(13)4-9(8)5-11(15)7-16-12(14)17/h2-4,11H,5-7H2,1H3,(H2,14,17)/t11-/m0/s1. The summed E-state index contributed by atoms with van der Waals surface area (Å²) in [5.74, 6) is 0. The Morgan fingerprint density at radius 1 is 1.59 bits per heavy atom. The third-order valence-corrected chi connectivity index (χ3v) is 3.44. The third kappa shape index (κ3) is 3.09. The summed E-state index contributed by atoms with van der Waals surface area (Å²) in [5, 5.41) is 0.887. The van der Waals surface area contributed by atoms with Crippen LogP contribution in [0.25, 0.3) is 0 Å². The fourth-order valence-electron chi connectivity index (χ4n) is 2.11. The lowest BCUT2D eigenvalue weighted by molar-refractivity contribution is 0.139. The summed E-state index contributed by atoms with van der Waals surface area (Å²) in [5.41, 5.74) is 7.95. The van der Waals surface area contributed by atoms with Gasteiger partial charge in [0.15, 0.2) is 0 Å². The Balaban J connectivity index is 2.11. The van der Waals surface area contributed by atoms with Gasteiger partial charge >= 0.3 is 0 Å². The Hall–Kier alpha value is -0.840. The van der Waals surface area contributed by atoms with Crippen LogP contribution in [0.2, 0.25) is 5.02 Å².